The van der Waals surface area contributed by atoms with Crippen LogP contribution in [0.3, 0.4) is 0 Å². The number of benzene rings is 4. The zero-order valence-electron chi connectivity index (χ0n) is 22.0. The average Bonchev–Trinajstić information content (AvgIpc) is 3.24. The highest BCUT2D eigenvalue weighted by Crippen LogP contribution is 2.43. The van der Waals surface area contributed by atoms with Crippen LogP contribution in [0.4, 0.5) is 22.7 Å². The number of carbonyl (C=O) groups is 2. The highest BCUT2D eigenvalue weighted by atomic mass is 32.2. The van der Waals surface area contributed by atoms with Crippen LogP contribution in [-0.2, 0) is 19.6 Å². The van der Waals surface area contributed by atoms with Crippen molar-refractivity contribution < 1.29 is 22.9 Å². The molecule has 0 atom stereocenters. The lowest BCUT2D eigenvalue weighted by Gasteiger charge is -2.16. The second-order valence-corrected chi connectivity index (χ2v) is 11.0. The molecule has 0 fully saturated rings. The van der Waals surface area contributed by atoms with Gasteiger partial charge >= 0.3 is 0 Å². The van der Waals surface area contributed by atoms with Crippen LogP contribution in [0.25, 0.3) is 11.3 Å². The topological polar surface area (TPSA) is 139 Å². The molecule has 0 bridgehead atoms. The number of amides is 2. The number of anilines is 3. The lowest BCUT2D eigenvalue weighted by atomic mass is 9.99. The van der Waals surface area contributed by atoms with Crippen LogP contribution in [0.15, 0.2) is 102 Å². The fraction of sp³-hybridized carbons (Fsp3) is 0.0667. The predicted octanol–water partition coefficient (Wildman–Crippen LogP) is 5.58. The van der Waals surface area contributed by atoms with Gasteiger partial charge in [-0.2, -0.15) is 0 Å². The molecule has 1 heterocycles. The highest BCUT2D eigenvalue weighted by Gasteiger charge is 2.38. The van der Waals surface area contributed by atoms with Crippen LogP contribution >= 0.6 is 0 Å². The third kappa shape index (κ3) is 5.43. The monoisotopic (exact) mass is 568 g/mol. The molecule has 1 aliphatic heterocycles. The Bertz CT molecular complexity index is 1820. The van der Waals surface area contributed by atoms with Gasteiger partial charge in [0.25, 0.3) is 21.6 Å². The van der Waals surface area contributed by atoms with E-state index >= 15 is 0 Å². The smallest absolute Gasteiger partial charge is 0.270 e. The minimum Gasteiger partial charge on any atom is -0.354 e. The summed E-state index contributed by atoms with van der Waals surface area (Å²) >= 11 is 0. The van der Waals surface area contributed by atoms with Gasteiger partial charge in [-0.25, -0.2) is 13.3 Å². The minimum absolute atomic E-state index is 0.0919. The fourth-order valence-corrected chi connectivity index (χ4v) is 5.56. The summed E-state index contributed by atoms with van der Waals surface area (Å²) in [5.74, 6) is -1.15. The highest BCUT2D eigenvalue weighted by molar-refractivity contribution is 7.92. The number of nitrogens with zero attached hydrogens (tertiary/aromatic N) is 2. The van der Waals surface area contributed by atoms with E-state index < -0.39 is 26.8 Å². The van der Waals surface area contributed by atoms with Gasteiger partial charge in [0.1, 0.15) is 0 Å². The predicted molar refractivity (Wildman–Crippen MR) is 157 cm³/mol. The molecule has 11 heteroatoms. The third-order valence-electron chi connectivity index (χ3n) is 6.48. The first-order valence-electron chi connectivity index (χ1n) is 12.5. The van der Waals surface area contributed by atoms with Crippen molar-refractivity contribution in [3.8, 4) is 0 Å². The summed E-state index contributed by atoms with van der Waals surface area (Å²) in [5, 5.41) is 14.7. The van der Waals surface area contributed by atoms with E-state index in [0.717, 1.165) is 10.5 Å². The zero-order valence-corrected chi connectivity index (χ0v) is 22.8. The molecular formula is C30H24N4O6S. The maximum absolute atomic E-state index is 13.6. The first-order valence-corrected chi connectivity index (χ1v) is 13.9. The normalized spacial score (nSPS) is 13.9. The molecule has 41 heavy (non-hydrogen) atoms. The standard InChI is InChI=1S/C30H24N4O6S/c1-19-8-15-25(16-9-19)41(39,40)32-23-12-10-22(11-13-23)31-29(21-6-4-3-5-7-21)28-26-18-24(34(37)38)14-17-27(26)33(20(2)35)30(28)36/h3-18,31-32H,1-2H3. The summed E-state index contributed by atoms with van der Waals surface area (Å²) in [4.78, 5) is 38.1. The van der Waals surface area contributed by atoms with Crippen molar-refractivity contribution in [3.05, 3.63) is 124 Å². The van der Waals surface area contributed by atoms with Crippen LogP contribution < -0.4 is 14.9 Å². The number of nitro groups is 1. The van der Waals surface area contributed by atoms with Crippen molar-refractivity contribution in [2.75, 3.05) is 14.9 Å². The van der Waals surface area contributed by atoms with Gasteiger partial charge in [0.15, 0.2) is 0 Å². The summed E-state index contributed by atoms with van der Waals surface area (Å²) in [6.07, 6.45) is 0. The number of nitrogens with one attached hydrogen (secondary N) is 2. The van der Waals surface area contributed by atoms with Gasteiger partial charge in [-0.15, -0.1) is 0 Å². The largest absolute Gasteiger partial charge is 0.354 e. The van der Waals surface area contributed by atoms with Crippen molar-refractivity contribution >= 4 is 55.9 Å². The molecule has 0 spiro atoms. The van der Waals surface area contributed by atoms with Crippen molar-refractivity contribution in [1.29, 1.82) is 0 Å². The SMILES string of the molecule is CC(=O)N1C(=O)C(=C(Nc2ccc(NS(=O)(=O)c3ccc(C)cc3)cc2)c2ccccc2)c2cc([N+](=O)[O-])ccc21. The van der Waals surface area contributed by atoms with Gasteiger partial charge < -0.3 is 5.32 Å². The molecular weight excluding hydrogens is 544 g/mol. The van der Waals surface area contributed by atoms with E-state index in [1.807, 2.05) is 6.92 Å². The molecule has 0 unspecified atom stereocenters. The summed E-state index contributed by atoms with van der Waals surface area (Å²) in [6.45, 7) is 3.11. The number of hydrogen-bond donors (Lipinski definition) is 2. The molecule has 0 aromatic heterocycles. The number of rotatable bonds is 7. The number of fused-ring (bicyclic) bond motifs is 1. The zero-order chi connectivity index (χ0) is 29.3. The van der Waals surface area contributed by atoms with Crippen LogP contribution in [0.5, 0.6) is 0 Å². The summed E-state index contributed by atoms with van der Waals surface area (Å²) in [7, 11) is -3.81. The molecule has 2 amide bonds. The molecule has 0 saturated heterocycles. The van der Waals surface area contributed by atoms with E-state index in [-0.39, 0.29) is 27.4 Å². The van der Waals surface area contributed by atoms with Gasteiger partial charge in [0.05, 0.1) is 26.8 Å². The summed E-state index contributed by atoms with van der Waals surface area (Å²) in [6, 6.07) is 25.7. The molecule has 4 aromatic carbocycles. The van der Waals surface area contributed by atoms with Crippen molar-refractivity contribution in [3.63, 3.8) is 0 Å². The maximum atomic E-state index is 13.6. The number of sulfonamides is 1. The molecule has 5 rings (SSSR count). The van der Waals surface area contributed by atoms with E-state index in [0.29, 0.717) is 22.6 Å². The van der Waals surface area contributed by atoms with E-state index in [4.69, 9.17) is 0 Å². The molecule has 10 nitrogen and oxygen atoms in total. The Morgan fingerprint density at radius 2 is 1.51 bits per heavy atom. The summed E-state index contributed by atoms with van der Waals surface area (Å²) < 4.78 is 28.1. The second-order valence-electron chi connectivity index (χ2n) is 9.36. The molecule has 206 valence electrons. The number of nitro benzene ring substituents is 1. The van der Waals surface area contributed by atoms with Gasteiger partial charge in [-0.1, -0.05) is 48.0 Å². The Balaban J connectivity index is 1.55. The summed E-state index contributed by atoms with van der Waals surface area (Å²) in [5.41, 5.74) is 3.06. The minimum atomic E-state index is -3.81. The molecule has 0 aliphatic carbocycles. The Hall–Kier alpha value is -5.29. The molecule has 2 N–H and O–H groups in total. The fourth-order valence-electron chi connectivity index (χ4n) is 4.50. The number of carbonyl (C=O) groups excluding carboxylic acids is 2. The first kappa shape index (κ1) is 27.3. The van der Waals surface area contributed by atoms with Crippen LogP contribution in [0, 0.1) is 17.0 Å². The maximum Gasteiger partial charge on any atom is 0.270 e. The third-order valence-corrected chi connectivity index (χ3v) is 7.88. The molecule has 0 radical (unpaired) electrons. The van der Waals surface area contributed by atoms with Crippen LogP contribution in [-0.4, -0.2) is 25.2 Å². The van der Waals surface area contributed by atoms with Crippen LogP contribution in [0.1, 0.15) is 23.6 Å². The van der Waals surface area contributed by atoms with Gasteiger partial charge in [0, 0.05) is 36.0 Å². The number of non-ortho nitro benzene ring substituents is 1. The Morgan fingerprint density at radius 3 is 2.12 bits per heavy atom. The lowest BCUT2D eigenvalue weighted by molar-refractivity contribution is -0.384. The molecule has 4 aromatic rings. The number of hydrogen-bond acceptors (Lipinski definition) is 7. The Morgan fingerprint density at radius 1 is 0.878 bits per heavy atom. The number of imide groups is 1. The van der Waals surface area contributed by atoms with E-state index in [9.17, 15) is 28.1 Å². The average molecular weight is 569 g/mol. The second kappa shape index (κ2) is 10.7. The molecule has 0 saturated carbocycles. The van der Waals surface area contributed by atoms with Gasteiger partial charge in [0.2, 0.25) is 5.91 Å². The molecule has 1 aliphatic rings. The van der Waals surface area contributed by atoms with E-state index in [1.54, 1.807) is 66.7 Å². The van der Waals surface area contributed by atoms with Crippen LogP contribution in [0.2, 0.25) is 0 Å². The Labute approximate surface area is 236 Å². The van der Waals surface area contributed by atoms with E-state index in [2.05, 4.69) is 10.0 Å². The quantitative estimate of drug-likeness (QED) is 0.169. The van der Waals surface area contributed by atoms with E-state index in [1.165, 1.54) is 37.3 Å². The lowest BCUT2D eigenvalue weighted by Crippen LogP contribution is -2.31. The van der Waals surface area contributed by atoms with Crippen molar-refractivity contribution in [2.24, 2.45) is 0 Å². The van der Waals surface area contributed by atoms with Crippen molar-refractivity contribution in [1.82, 2.24) is 0 Å². The first-order chi connectivity index (χ1) is 19.5. The van der Waals surface area contributed by atoms with Gasteiger partial charge in [-0.05, 0) is 55.0 Å². The van der Waals surface area contributed by atoms with Crippen molar-refractivity contribution in [2.45, 2.75) is 18.7 Å². The van der Waals surface area contributed by atoms with Gasteiger partial charge in [-0.3, -0.25) is 24.4 Å². The Kier molecular flexibility index (Phi) is 7.12. The number of aryl methyl sites for hydroxylation is 1.